The van der Waals surface area contributed by atoms with Crippen molar-refractivity contribution in [2.45, 2.75) is 52.8 Å². The van der Waals surface area contributed by atoms with Crippen molar-refractivity contribution in [3.63, 3.8) is 0 Å². The lowest BCUT2D eigenvalue weighted by Crippen LogP contribution is -2.17. The first kappa shape index (κ1) is 14.1. The van der Waals surface area contributed by atoms with E-state index in [1.165, 1.54) is 12.8 Å². The molecule has 112 valence electrons. The molecular formula is C16H21N3O2. The molecule has 0 aromatic carbocycles. The monoisotopic (exact) mass is 287 g/mol. The Bertz CT molecular complexity index is 613. The molecule has 1 fully saturated rings. The quantitative estimate of drug-likeness (QED) is 0.885. The lowest BCUT2D eigenvalue weighted by atomic mass is 10.2. The fraction of sp³-hybridized carbons (Fsp3) is 0.500. The number of hydrogen-bond donors (Lipinski definition) is 1. The van der Waals surface area contributed by atoms with Crippen LogP contribution in [0.15, 0.2) is 16.7 Å². The Morgan fingerprint density at radius 2 is 2.10 bits per heavy atom. The highest BCUT2D eigenvalue weighted by Gasteiger charge is 2.21. The van der Waals surface area contributed by atoms with Crippen LogP contribution in [0.3, 0.4) is 0 Å². The molecular weight excluding hydrogens is 266 g/mol. The van der Waals surface area contributed by atoms with Crippen molar-refractivity contribution in [1.29, 1.82) is 0 Å². The summed E-state index contributed by atoms with van der Waals surface area (Å²) in [6.07, 6.45) is 2.53. The Balaban J connectivity index is 1.71. The molecule has 0 bridgehead atoms. The lowest BCUT2D eigenvalue weighted by molar-refractivity contribution is 0.296. The average Bonchev–Trinajstić information content (AvgIpc) is 3.23. The summed E-state index contributed by atoms with van der Waals surface area (Å²) >= 11 is 0. The van der Waals surface area contributed by atoms with Crippen LogP contribution in [-0.2, 0) is 13.2 Å². The summed E-state index contributed by atoms with van der Waals surface area (Å²) in [5, 5.41) is 7.43. The molecule has 5 nitrogen and oxygen atoms in total. The summed E-state index contributed by atoms with van der Waals surface area (Å²) < 4.78 is 11.1. The Kier molecular flexibility index (Phi) is 3.92. The smallest absolute Gasteiger partial charge is 0.142 e. The van der Waals surface area contributed by atoms with E-state index in [9.17, 15) is 0 Å². The second-order valence-corrected chi connectivity index (χ2v) is 5.64. The van der Waals surface area contributed by atoms with Crippen molar-refractivity contribution in [3.8, 4) is 5.75 Å². The molecule has 5 heteroatoms. The number of aromatic nitrogens is 2. The van der Waals surface area contributed by atoms with Gasteiger partial charge in [0.25, 0.3) is 0 Å². The van der Waals surface area contributed by atoms with Crippen LogP contribution >= 0.6 is 0 Å². The molecule has 3 rings (SSSR count). The predicted octanol–water partition coefficient (Wildman–Crippen LogP) is 2.83. The molecule has 0 atom stereocenters. The van der Waals surface area contributed by atoms with Gasteiger partial charge in [0.05, 0.1) is 17.0 Å². The van der Waals surface area contributed by atoms with Crippen molar-refractivity contribution in [3.05, 3.63) is 40.5 Å². The number of aryl methyl sites for hydroxylation is 3. The van der Waals surface area contributed by atoms with Gasteiger partial charge < -0.3 is 14.6 Å². The summed E-state index contributed by atoms with van der Waals surface area (Å²) in [6.45, 7) is 7.05. The lowest BCUT2D eigenvalue weighted by Gasteiger charge is -2.12. The van der Waals surface area contributed by atoms with Gasteiger partial charge in [-0.1, -0.05) is 5.16 Å². The molecule has 21 heavy (non-hydrogen) atoms. The first-order valence-corrected chi connectivity index (χ1v) is 7.38. The topological polar surface area (TPSA) is 60.2 Å². The van der Waals surface area contributed by atoms with E-state index in [0.717, 1.165) is 40.7 Å². The van der Waals surface area contributed by atoms with E-state index < -0.39 is 0 Å². The highest BCUT2D eigenvalue weighted by molar-refractivity contribution is 5.30. The number of pyridine rings is 1. The SMILES string of the molecule is Cc1ccc(OCc2c(C)noc2C)c(CNC2CC2)n1. The minimum absolute atomic E-state index is 0.461. The number of nitrogens with zero attached hydrogens (tertiary/aromatic N) is 2. The molecule has 1 aliphatic carbocycles. The minimum atomic E-state index is 0.461. The molecule has 1 aliphatic rings. The summed E-state index contributed by atoms with van der Waals surface area (Å²) in [5.41, 5.74) is 3.86. The molecule has 0 amide bonds. The minimum Gasteiger partial charge on any atom is -0.487 e. The first-order valence-electron chi connectivity index (χ1n) is 7.38. The van der Waals surface area contributed by atoms with Crippen molar-refractivity contribution < 1.29 is 9.26 Å². The summed E-state index contributed by atoms with van der Waals surface area (Å²) in [4.78, 5) is 4.59. The second-order valence-electron chi connectivity index (χ2n) is 5.64. The largest absolute Gasteiger partial charge is 0.487 e. The van der Waals surface area contributed by atoms with Gasteiger partial charge in [-0.05, 0) is 45.7 Å². The summed E-state index contributed by atoms with van der Waals surface area (Å²) in [7, 11) is 0. The molecule has 0 spiro atoms. The van der Waals surface area contributed by atoms with E-state index in [0.29, 0.717) is 12.6 Å². The van der Waals surface area contributed by atoms with Crippen LogP contribution in [0, 0.1) is 20.8 Å². The van der Waals surface area contributed by atoms with Crippen LogP contribution in [0.4, 0.5) is 0 Å². The Morgan fingerprint density at radius 1 is 1.29 bits per heavy atom. The molecule has 2 aromatic rings. The van der Waals surface area contributed by atoms with E-state index in [-0.39, 0.29) is 0 Å². The third-order valence-electron chi connectivity index (χ3n) is 3.76. The van der Waals surface area contributed by atoms with Crippen molar-refractivity contribution >= 4 is 0 Å². The van der Waals surface area contributed by atoms with E-state index in [4.69, 9.17) is 9.26 Å². The van der Waals surface area contributed by atoms with Crippen molar-refractivity contribution in [1.82, 2.24) is 15.5 Å². The fourth-order valence-electron chi connectivity index (χ4n) is 2.24. The van der Waals surface area contributed by atoms with E-state index >= 15 is 0 Å². The molecule has 2 aromatic heterocycles. The number of rotatable bonds is 6. The Morgan fingerprint density at radius 3 is 2.76 bits per heavy atom. The molecule has 0 saturated heterocycles. The summed E-state index contributed by atoms with van der Waals surface area (Å²) in [6, 6.07) is 4.62. The number of ether oxygens (including phenoxy) is 1. The number of hydrogen-bond acceptors (Lipinski definition) is 5. The maximum absolute atomic E-state index is 5.95. The van der Waals surface area contributed by atoms with Crippen LogP contribution in [-0.4, -0.2) is 16.2 Å². The maximum Gasteiger partial charge on any atom is 0.142 e. The van der Waals surface area contributed by atoms with Gasteiger partial charge in [-0.2, -0.15) is 0 Å². The Hall–Kier alpha value is -1.88. The number of nitrogens with one attached hydrogen (secondary N) is 1. The second kappa shape index (κ2) is 5.85. The molecule has 1 N–H and O–H groups in total. The van der Waals surface area contributed by atoms with Crippen LogP contribution in [0.5, 0.6) is 5.75 Å². The van der Waals surface area contributed by atoms with E-state index in [1.54, 1.807) is 0 Å². The molecule has 1 saturated carbocycles. The molecule has 0 radical (unpaired) electrons. The maximum atomic E-state index is 5.95. The Labute approximate surface area is 124 Å². The van der Waals surface area contributed by atoms with Gasteiger partial charge in [0.1, 0.15) is 18.1 Å². The van der Waals surface area contributed by atoms with E-state index in [2.05, 4.69) is 15.5 Å². The standard InChI is InChI=1S/C16H21N3O2/c1-10-4-7-16(15(18-10)8-17-13-5-6-13)20-9-14-11(2)19-21-12(14)3/h4,7,13,17H,5-6,8-9H2,1-3H3. The van der Waals surface area contributed by atoms with Gasteiger partial charge in [-0.25, -0.2) is 0 Å². The van der Waals surface area contributed by atoms with Crippen LogP contribution in [0.2, 0.25) is 0 Å². The third kappa shape index (κ3) is 3.42. The zero-order valence-corrected chi connectivity index (χ0v) is 12.8. The van der Waals surface area contributed by atoms with Gasteiger partial charge in [0.15, 0.2) is 0 Å². The van der Waals surface area contributed by atoms with E-state index in [1.807, 2.05) is 32.9 Å². The van der Waals surface area contributed by atoms with Crippen LogP contribution < -0.4 is 10.1 Å². The fourth-order valence-corrected chi connectivity index (χ4v) is 2.24. The summed E-state index contributed by atoms with van der Waals surface area (Å²) in [5.74, 6) is 1.64. The third-order valence-corrected chi connectivity index (χ3v) is 3.76. The van der Waals surface area contributed by atoms with Crippen LogP contribution in [0.1, 0.15) is 41.2 Å². The van der Waals surface area contributed by atoms with Crippen LogP contribution in [0.25, 0.3) is 0 Å². The van der Waals surface area contributed by atoms with Gasteiger partial charge in [0, 0.05) is 18.3 Å². The normalized spacial score (nSPS) is 14.4. The molecule has 2 heterocycles. The highest BCUT2D eigenvalue weighted by Crippen LogP contribution is 2.23. The first-order chi connectivity index (χ1) is 10.1. The van der Waals surface area contributed by atoms with Gasteiger partial charge in [-0.15, -0.1) is 0 Å². The molecule has 0 unspecified atom stereocenters. The average molecular weight is 287 g/mol. The van der Waals surface area contributed by atoms with Gasteiger partial charge in [0.2, 0.25) is 0 Å². The zero-order valence-electron chi connectivity index (χ0n) is 12.8. The predicted molar refractivity (Wildman–Crippen MR) is 79.1 cm³/mol. The van der Waals surface area contributed by atoms with Gasteiger partial charge >= 0.3 is 0 Å². The van der Waals surface area contributed by atoms with Crippen molar-refractivity contribution in [2.75, 3.05) is 0 Å². The zero-order chi connectivity index (χ0) is 14.8. The van der Waals surface area contributed by atoms with Crippen molar-refractivity contribution in [2.24, 2.45) is 0 Å². The van der Waals surface area contributed by atoms with Gasteiger partial charge in [-0.3, -0.25) is 4.98 Å². The highest BCUT2D eigenvalue weighted by atomic mass is 16.5. The molecule has 0 aliphatic heterocycles.